The van der Waals surface area contributed by atoms with Gasteiger partial charge in [0.15, 0.2) is 0 Å². The van der Waals surface area contributed by atoms with Crippen molar-refractivity contribution in [2.45, 2.75) is 62.9 Å². The first-order valence-electron chi connectivity index (χ1n) is 12.4. The largest absolute Gasteiger partial charge is 0.508 e. The molecule has 0 atom stereocenters. The molecule has 1 N–H and O–H groups in total. The zero-order valence-corrected chi connectivity index (χ0v) is 21.6. The van der Waals surface area contributed by atoms with Gasteiger partial charge < -0.3 is 14.6 Å². The summed E-state index contributed by atoms with van der Waals surface area (Å²) in [7, 11) is 1.31. The molecule has 0 aromatic heterocycles. The van der Waals surface area contributed by atoms with E-state index in [0.29, 0.717) is 18.3 Å². The van der Waals surface area contributed by atoms with Crippen molar-refractivity contribution in [1.29, 1.82) is 0 Å². The van der Waals surface area contributed by atoms with E-state index in [0.717, 1.165) is 5.75 Å². The normalized spacial score (nSPS) is 15.9. The maximum atomic E-state index is 8.95. The van der Waals surface area contributed by atoms with E-state index in [1.165, 1.54) is 86.4 Å². The van der Waals surface area contributed by atoms with Gasteiger partial charge in [-0.3, -0.25) is 4.79 Å². The van der Waals surface area contributed by atoms with Crippen LogP contribution in [0.1, 0.15) is 50.5 Å². The first kappa shape index (κ1) is 26.9. The molecule has 1 aliphatic heterocycles. The van der Waals surface area contributed by atoms with Crippen LogP contribution in [0.4, 0.5) is 0 Å². The first-order chi connectivity index (χ1) is 17.1. The van der Waals surface area contributed by atoms with Crippen molar-refractivity contribution in [1.82, 2.24) is 4.31 Å². The van der Waals surface area contributed by atoms with Gasteiger partial charge >= 0.3 is 0 Å². The van der Waals surface area contributed by atoms with Crippen molar-refractivity contribution in [3.05, 3.63) is 66.2 Å². The van der Waals surface area contributed by atoms with Crippen LogP contribution >= 0.6 is 11.9 Å². The van der Waals surface area contributed by atoms with Gasteiger partial charge in [-0.25, -0.2) is 4.31 Å². The molecule has 0 unspecified atom stereocenters. The standard InChI is InChI=1S/C20H25NOS.C7H8O.C2H4O2/c1-4-12-21(13-5-1)23-20-11-9-16-14-19(10-8-17(16)15-20)22-18-6-2-3-7-18;1-6-2-4-7(8)5-3-6;1-4-2-3/h8-11,14-15,18H,1-7,12-13H2;2-5,8H,1H3;2H,1H3. The van der Waals surface area contributed by atoms with E-state index in [-0.39, 0.29) is 0 Å². The number of phenols is 1. The molecule has 0 radical (unpaired) electrons. The van der Waals surface area contributed by atoms with E-state index >= 15 is 0 Å². The van der Waals surface area contributed by atoms with E-state index in [4.69, 9.17) is 14.6 Å². The molecule has 1 heterocycles. The monoisotopic (exact) mass is 495 g/mol. The van der Waals surface area contributed by atoms with Gasteiger partial charge in [0.2, 0.25) is 0 Å². The molecule has 1 saturated carbocycles. The van der Waals surface area contributed by atoms with Crippen LogP contribution in [0.15, 0.2) is 65.6 Å². The molecule has 2 aliphatic rings. The SMILES string of the molecule is COC=O.Cc1ccc(O)cc1.c1cc2cc(SN3CCCCC3)ccc2cc1OC1CCCC1. The van der Waals surface area contributed by atoms with E-state index < -0.39 is 0 Å². The van der Waals surface area contributed by atoms with Gasteiger partial charge in [-0.1, -0.05) is 36.2 Å². The Morgan fingerprint density at radius 1 is 0.886 bits per heavy atom. The highest BCUT2D eigenvalue weighted by Crippen LogP contribution is 2.31. The number of nitrogens with zero attached hydrogens (tertiary/aromatic N) is 1. The second kappa shape index (κ2) is 14.6. The van der Waals surface area contributed by atoms with Crippen LogP contribution in [0.5, 0.6) is 11.5 Å². The topological polar surface area (TPSA) is 59.0 Å². The summed E-state index contributed by atoms with van der Waals surface area (Å²) >= 11 is 1.91. The Bertz CT molecular complexity index is 1010. The third kappa shape index (κ3) is 9.46. The Hall–Kier alpha value is -2.70. The average Bonchev–Trinajstić information content (AvgIpc) is 3.40. The van der Waals surface area contributed by atoms with Gasteiger partial charge in [0.25, 0.3) is 6.47 Å². The fourth-order valence-electron chi connectivity index (χ4n) is 4.18. The summed E-state index contributed by atoms with van der Waals surface area (Å²) in [6.07, 6.45) is 9.54. The Morgan fingerprint density at radius 3 is 2.14 bits per heavy atom. The van der Waals surface area contributed by atoms with Crippen molar-refractivity contribution in [3.8, 4) is 11.5 Å². The second-order valence-corrected chi connectivity index (χ2v) is 10.1. The Balaban J connectivity index is 0.000000237. The van der Waals surface area contributed by atoms with E-state index in [1.807, 2.05) is 31.0 Å². The zero-order chi connectivity index (χ0) is 24.9. The summed E-state index contributed by atoms with van der Waals surface area (Å²) in [4.78, 5) is 10.3. The van der Waals surface area contributed by atoms with Gasteiger partial charge in [0, 0.05) is 18.0 Å². The van der Waals surface area contributed by atoms with Crippen LogP contribution in [0.25, 0.3) is 10.8 Å². The molecular formula is C29H37NO4S. The van der Waals surface area contributed by atoms with Crippen LogP contribution in [-0.2, 0) is 9.53 Å². The van der Waals surface area contributed by atoms with Gasteiger partial charge in [-0.15, -0.1) is 0 Å². The minimum atomic E-state index is 0.329. The summed E-state index contributed by atoms with van der Waals surface area (Å²) in [6, 6.07) is 20.4. The van der Waals surface area contributed by atoms with Crippen molar-refractivity contribution in [2.24, 2.45) is 0 Å². The van der Waals surface area contributed by atoms with E-state index in [2.05, 4.69) is 45.4 Å². The molecule has 3 aromatic carbocycles. The van der Waals surface area contributed by atoms with Crippen molar-refractivity contribution in [2.75, 3.05) is 20.2 Å². The molecule has 0 spiro atoms. The predicted octanol–water partition coefficient (Wildman–Crippen LogP) is 7.14. The second-order valence-electron chi connectivity index (χ2n) is 8.94. The molecule has 2 fully saturated rings. The lowest BCUT2D eigenvalue weighted by atomic mass is 10.1. The molecular weight excluding hydrogens is 458 g/mol. The molecule has 5 rings (SSSR count). The number of hydrogen-bond acceptors (Lipinski definition) is 6. The number of phenolic OH excluding ortho intramolecular Hbond substituents is 1. The third-order valence-electron chi connectivity index (χ3n) is 6.07. The average molecular weight is 496 g/mol. The van der Waals surface area contributed by atoms with Gasteiger partial charge in [0.05, 0.1) is 13.2 Å². The first-order valence-corrected chi connectivity index (χ1v) is 13.2. The highest BCUT2D eigenvalue weighted by Gasteiger charge is 2.16. The minimum Gasteiger partial charge on any atom is -0.508 e. The van der Waals surface area contributed by atoms with Crippen LogP contribution < -0.4 is 4.74 Å². The maximum Gasteiger partial charge on any atom is 0.292 e. The summed E-state index contributed by atoms with van der Waals surface area (Å²) < 4.78 is 12.5. The molecule has 3 aromatic rings. The van der Waals surface area contributed by atoms with Crippen LogP contribution in [0.2, 0.25) is 0 Å². The fraction of sp³-hybridized carbons (Fsp3) is 0.414. The molecule has 5 nitrogen and oxygen atoms in total. The van der Waals surface area contributed by atoms with Crippen molar-refractivity contribution < 1.29 is 19.4 Å². The van der Waals surface area contributed by atoms with Gasteiger partial charge in [-0.2, -0.15) is 0 Å². The summed E-state index contributed by atoms with van der Waals surface area (Å²) in [5.74, 6) is 1.36. The van der Waals surface area contributed by atoms with E-state index in [1.54, 1.807) is 12.1 Å². The number of rotatable bonds is 5. The van der Waals surface area contributed by atoms with Crippen LogP contribution in [0.3, 0.4) is 0 Å². The van der Waals surface area contributed by atoms with Crippen molar-refractivity contribution >= 4 is 29.2 Å². The van der Waals surface area contributed by atoms with Crippen LogP contribution in [-0.4, -0.2) is 42.2 Å². The molecule has 35 heavy (non-hydrogen) atoms. The van der Waals surface area contributed by atoms with Crippen LogP contribution in [0, 0.1) is 6.92 Å². The number of fused-ring (bicyclic) bond motifs is 1. The Kier molecular flexibility index (Phi) is 11.3. The number of methoxy groups -OCH3 is 1. The van der Waals surface area contributed by atoms with Crippen molar-refractivity contribution in [3.63, 3.8) is 0 Å². The lowest BCUT2D eigenvalue weighted by molar-refractivity contribution is -0.126. The number of carbonyl (C=O) groups excluding carboxylic acids is 1. The number of hydrogen-bond donors (Lipinski definition) is 1. The molecule has 188 valence electrons. The lowest BCUT2D eigenvalue weighted by Crippen LogP contribution is -2.22. The predicted molar refractivity (Wildman–Crippen MR) is 144 cm³/mol. The summed E-state index contributed by atoms with van der Waals surface area (Å²) in [5.41, 5.74) is 1.17. The highest BCUT2D eigenvalue weighted by atomic mass is 32.2. The lowest BCUT2D eigenvalue weighted by Gasteiger charge is -2.25. The van der Waals surface area contributed by atoms with Gasteiger partial charge in [0.1, 0.15) is 11.5 Å². The highest BCUT2D eigenvalue weighted by molar-refractivity contribution is 7.97. The molecule has 1 saturated heterocycles. The molecule has 1 aliphatic carbocycles. The summed E-state index contributed by atoms with van der Waals surface area (Å²) in [6.45, 7) is 4.80. The number of benzene rings is 3. The molecule has 0 bridgehead atoms. The smallest absolute Gasteiger partial charge is 0.292 e. The summed E-state index contributed by atoms with van der Waals surface area (Å²) in [5, 5.41) is 11.3. The Morgan fingerprint density at radius 2 is 1.51 bits per heavy atom. The quantitative estimate of drug-likeness (QED) is 0.300. The maximum absolute atomic E-state index is 8.95. The Labute approximate surface area is 213 Å². The number of ether oxygens (including phenoxy) is 2. The number of aromatic hydroxyl groups is 1. The van der Waals surface area contributed by atoms with E-state index in [9.17, 15) is 0 Å². The number of piperidine rings is 1. The molecule has 6 heteroatoms. The minimum absolute atomic E-state index is 0.329. The zero-order valence-electron chi connectivity index (χ0n) is 20.8. The fourth-order valence-corrected chi connectivity index (χ4v) is 5.23. The molecule has 0 amide bonds. The number of aryl methyl sites for hydroxylation is 1. The third-order valence-corrected chi connectivity index (χ3v) is 7.16. The van der Waals surface area contributed by atoms with Gasteiger partial charge in [-0.05, 0) is 105 Å². The number of carbonyl (C=O) groups is 1.